The highest BCUT2D eigenvalue weighted by molar-refractivity contribution is 5.97. The van der Waals surface area contributed by atoms with Gasteiger partial charge in [0.25, 0.3) is 5.91 Å². The number of esters is 1. The molecule has 112 valence electrons. The molecule has 2 heterocycles. The van der Waals surface area contributed by atoms with Gasteiger partial charge in [-0.2, -0.15) is 0 Å². The van der Waals surface area contributed by atoms with Crippen molar-refractivity contribution in [3.63, 3.8) is 0 Å². The van der Waals surface area contributed by atoms with Gasteiger partial charge < -0.3 is 14.4 Å². The van der Waals surface area contributed by atoms with Gasteiger partial charge in [-0.15, -0.1) is 0 Å². The maximum Gasteiger partial charge on any atom is 0.328 e. The zero-order valence-electron chi connectivity index (χ0n) is 12.1. The van der Waals surface area contributed by atoms with Crippen LogP contribution in [0.5, 0.6) is 0 Å². The molecule has 0 saturated carbocycles. The zero-order chi connectivity index (χ0) is 14.8. The Morgan fingerprint density at radius 3 is 2.86 bits per heavy atom. The van der Waals surface area contributed by atoms with Crippen LogP contribution in [-0.2, 0) is 27.5 Å². The maximum absolute atomic E-state index is 12.7. The van der Waals surface area contributed by atoms with Crippen LogP contribution < -0.4 is 0 Å². The fraction of sp³-hybridized carbons (Fsp3) is 0.500. The first kappa shape index (κ1) is 14.1. The fourth-order valence-corrected chi connectivity index (χ4v) is 3.03. The van der Waals surface area contributed by atoms with Crippen LogP contribution in [0.3, 0.4) is 0 Å². The number of hydrogen-bond acceptors (Lipinski definition) is 4. The molecule has 1 aromatic carbocycles. The molecule has 1 amide bonds. The summed E-state index contributed by atoms with van der Waals surface area (Å²) in [6.07, 6.45) is 2.54. The van der Waals surface area contributed by atoms with Crippen molar-refractivity contribution in [1.29, 1.82) is 0 Å². The number of piperidine rings is 1. The van der Waals surface area contributed by atoms with Crippen molar-refractivity contribution in [2.24, 2.45) is 0 Å². The van der Waals surface area contributed by atoms with Crippen LogP contribution >= 0.6 is 0 Å². The van der Waals surface area contributed by atoms with E-state index in [-0.39, 0.29) is 11.9 Å². The van der Waals surface area contributed by atoms with E-state index in [2.05, 4.69) is 0 Å². The number of carbonyl (C=O) groups is 2. The molecule has 1 aromatic rings. The Morgan fingerprint density at radius 2 is 2.05 bits per heavy atom. The van der Waals surface area contributed by atoms with Crippen molar-refractivity contribution in [3.8, 4) is 0 Å². The standard InChI is InChI=1S/C16H19NO4/c1-20-16(19)14-4-2-3-7-17(14)15(18)11-5-6-12-9-21-10-13(12)8-11/h5-6,8,14H,2-4,7,9-10H2,1H3/t14-/m1/s1. The van der Waals surface area contributed by atoms with E-state index >= 15 is 0 Å². The van der Waals surface area contributed by atoms with Gasteiger partial charge in [0.1, 0.15) is 6.04 Å². The van der Waals surface area contributed by atoms with Crippen molar-refractivity contribution in [3.05, 3.63) is 34.9 Å². The first-order valence-corrected chi connectivity index (χ1v) is 7.29. The van der Waals surface area contributed by atoms with Crippen LogP contribution in [0, 0.1) is 0 Å². The lowest BCUT2D eigenvalue weighted by molar-refractivity contribution is -0.147. The van der Waals surface area contributed by atoms with Gasteiger partial charge in [-0.25, -0.2) is 4.79 Å². The molecule has 3 rings (SSSR count). The lowest BCUT2D eigenvalue weighted by atomic mass is 9.99. The van der Waals surface area contributed by atoms with E-state index < -0.39 is 6.04 Å². The third-order valence-electron chi connectivity index (χ3n) is 4.21. The molecule has 0 unspecified atom stereocenters. The van der Waals surface area contributed by atoms with E-state index in [1.54, 1.807) is 4.90 Å². The van der Waals surface area contributed by atoms with Gasteiger partial charge >= 0.3 is 5.97 Å². The highest BCUT2D eigenvalue weighted by Gasteiger charge is 2.33. The van der Waals surface area contributed by atoms with Gasteiger partial charge in [0.05, 0.1) is 20.3 Å². The largest absolute Gasteiger partial charge is 0.467 e. The first-order valence-electron chi connectivity index (χ1n) is 7.29. The Balaban J connectivity index is 1.84. The number of amides is 1. The van der Waals surface area contributed by atoms with Crippen LogP contribution in [0.2, 0.25) is 0 Å². The second kappa shape index (κ2) is 5.85. The molecule has 2 aliphatic rings. The lowest BCUT2D eigenvalue weighted by Gasteiger charge is -2.33. The number of fused-ring (bicyclic) bond motifs is 1. The molecule has 1 fully saturated rings. The minimum Gasteiger partial charge on any atom is -0.467 e. The highest BCUT2D eigenvalue weighted by atomic mass is 16.5. The molecule has 0 spiro atoms. The van der Waals surface area contributed by atoms with Crippen LogP contribution in [0.4, 0.5) is 0 Å². The molecule has 0 radical (unpaired) electrons. The quantitative estimate of drug-likeness (QED) is 0.780. The molecular weight excluding hydrogens is 270 g/mol. The summed E-state index contributed by atoms with van der Waals surface area (Å²) in [6, 6.07) is 5.18. The summed E-state index contributed by atoms with van der Waals surface area (Å²) >= 11 is 0. The van der Waals surface area contributed by atoms with Crippen molar-refractivity contribution < 1.29 is 19.1 Å². The molecule has 0 bridgehead atoms. The Morgan fingerprint density at radius 1 is 1.24 bits per heavy atom. The second-order valence-electron chi connectivity index (χ2n) is 5.51. The van der Waals surface area contributed by atoms with E-state index in [0.29, 0.717) is 31.7 Å². The number of methoxy groups -OCH3 is 1. The Bertz CT molecular complexity index is 569. The molecule has 21 heavy (non-hydrogen) atoms. The van der Waals surface area contributed by atoms with Crippen LogP contribution in [-0.4, -0.2) is 36.5 Å². The SMILES string of the molecule is COC(=O)[C@H]1CCCCN1C(=O)c1ccc2c(c1)COC2. The summed E-state index contributed by atoms with van der Waals surface area (Å²) in [5, 5.41) is 0. The van der Waals surface area contributed by atoms with Crippen LogP contribution in [0.15, 0.2) is 18.2 Å². The minimum atomic E-state index is -0.458. The fourth-order valence-electron chi connectivity index (χ4n) is 3.03. The number of rotatable bonds is 2. The topological polar surface area (TPSA) is 55.8 Å². The molecule has 1 saturated heterocycles. The van der Waals surface area contributed by atoms with E-state index in [0.717, 1.165) is 24.0 Å². The summed E-state index contributed by atoms with van der Waals surface area (Å²) in [6.45, 7) is 1.77. The van der Waals surface area contributed by atoms with Gasteiger partial charge in [-0.1, -0.05) is 6.07 Å². The number of ether oxygens (including phenoxy) is 2. The number of nitrogens with zero attached hydrogens (tertiary/aromatic N) is 1. The Kier molecular flexibility index (Phi) is 3.92. The molecule has 0 N–H and O–H groups in total. The molecule has 5 nitrogen and oxygen atoms in total. The monoisotopic (exact) mass is 289 g/mol. The van der Waals surface area contributed by atoms with Gasteiger partial charge in [-0.3, -0.25) is 4.79 Å². The number of hydrogen-bond donors (Lipinski definition) is 0. The average Bonchev–Trinajstić information content (AvgIpc) is 3.01. The Hall–Kier alpha value is -1.88. The van der Waals surface area contributed by atoms with E-state index in [9.17, 15) is 9.59 Å². The molecular formula is C16H19NO4. The normalized spacial score (nSPS) is 21.0. The van der Waals surface area contributed by atoms with Gasteiger partial charge in [0.15, 0.2) is 0 Å². The Labute approximate surface area is 123 Å². The molecule has 2 aliphatic heterocycles. The molecule has 5 heteroatoms. The minimum absolute atomic E-state index is 0.0974. The van der Waals surface area contributed by atoms with Crippen molar-refractivity contribution in [1.82, 2.24) is 4.90 Å². The smallest absolute Gasteiger partial charge is 0.328 e. The number of benzene rings is 1. The summed E-state index contributed by atoms with van der Waals surface area (Å²) in [5.41, 5.74) is 2.82. The van der Waals surface area contributed by atoms with E-state index in [1.165, 1.54) is 7.11 Å². The first-order chi connectivity index (χ1) is 10.2. The van der Waals surface area contributed by atoms with Gasteiger partial charge in [-0.05, 0) is 42.5 Å². The van der Waals surface area contributed by atoms with Crippen molar-refractivity contribution in [2.45, 2.75) is 38.5 Å². The second-order valence-corrected chi connectivity index (χ2v) is 5.51. The van der Waals surface area contributed by atoms with Gasteiger partial charge in [0.2, 0.25) is 0 Å². The van der Waals surface area contributed by atoms with Crippen molar-refractivity contribution >= 4 is 11.9 Å². The third-order valence-corrected chi connectivity index (χ3v) is 4.21. The molecule has 0 aliphatic carbocycles. The number of likely N-dealkylation sites (tertiary alicyclic amines) is 1. The maximum atomic E-state index is 12.7. The van der Waals surface area contributed by atoms with E-state index in [4.69, 9.17) is 9.47 Å². The molecule has 0 aromatic heterocycles. The lowest BCUT2D eigenvalue weighted by Crippen LogP contribution is -2.48. The predicted molar refractivity (Wildman–Crippen MR) is 75.6 cm³/mol. The molecule has 1 atom stereocenters. The summed E-state index contributed by atoms with van der Waals surface area (Å²) in [5.74, 6) is -0.424. The average molecular weight is 289 g/mol. The van der Waals surface area contributed by atoms with Crippen molar-refractivity contribution in [2.75, 3.05) is 13.7 Å². The van der Waals surface area contributed by atoms with E-state index in [1.807, 2.05) is 18.2 Å². The third kappa shape index (κ3) is 2.65. The van der Waals surface area contributed by atoms with Crippen LogP contribution in [0.25, 0.3) is 0 Å². The zero-order valence-corrected chi connectivity index (χ0v) is 12.1. The van der Waals surface area contributed by atoms with Crippen LogP contribution in [0.1, 0.15) is 40.7 Å². The summed E-state index contributed by atoms with van der Waals surface area (Å²) in [4.78, 5) is 26.2. The number of carbonyl (C=O) groups excluding carboxylic acids is 2. The predicted octanol–water partition coefficient (Wildman–Crippen LogP) is 1.88. The summed E-state index contributed by atoms with van der Waals surface area (Å²) < 4.78 is 10.2. The highest BCUT2D eigenvalue weighted by Crippen LogP contribution is 2.24. The summed E-state index contributed by atoms with van der Waals surface area (Å²) in [7, 11) is 1.37. The van der Waals surface area contributed by atoms with Gasteiger partial charge in [0, 0.05) is 12.1 Å².